The normalized spacial score (nSPS) is 12.1. The Bertz CT molecular complexity index is 418. The van der Waals surface area contributed by atoms with Crippen molar-refractivity contribution in [3.8, 4) is 5.75 Å². The molecule has 1 aromatic carbocycles. The van der Waals surface area contributed by atoms with E-state index in [9.17, 15) is 4.79 Å². The summed E-state index contributed by atoms with van der Waals surface area (Å²) in [5, 5.41) is 0. The fraction of sp³-hybridized carbons (Fsp3) is 0.533. The van der Waals surface area contributed by atoms with Crippen LogP contribution in [-0.4, -0.2) is 37.3 Å². The Kier molecular flexibility index (Phi) is 5.67. The zero-order valence-corrected chi connectivity index (χ0v) is 12.3. The van der Waals surface area contributed by atoms with Crippen LogP contribution < -0.4 is 4.74 Å². The highest BCUT2D eigenvalue weighted by atomic mass is 16.6. The molecule has 1 rings (SSSR count). The van der Waals surface area contributed by atoms with Crippen molar-refractivity contribution in [3.05, 3.63) is 29.8 Å². The number of benzene rings is 1. The molecule has 0 saturated heterocycles. The van der Waals surface area contributed by atoms with Crippen LogP contribution in [0.3, 0.4) is 0 Å². The van der Waals surface area contributed by atoms with Crippen molar-refractivity contribution < 1.29 is 14.3 Å². The van der Waals surface area contributed by atoms with Crippen LogP contribution in [0.1, 0.15) is 26.3 Å². The lowest BCUT2D eigenvalue weighted by molar-refractivity contribution is 0.0744. The fourth-order valence-electron chi connectivity index (χ4n) is 1.79. The quantitative estimate of drug-likeness (QED) is 0.821. The summed E-state index contributed by atoms with van der Waals surface area (Å²) in [4.78, 5) is 13.4. The van der Waals surface area contributed by atoms with Crippen LogP contribution in [0, 0.1) is 0 Å². The van der Waals surface area contributed by atoms with Crippen LogP contribution in [0.2, 0.25) is 0 Å². The summed E-state index contributed by atoms with van der Waals surface area (Å²) in [6, 6.07) is 7.88. The smallest absolute Gasteiger partial charge is 0.410 e. The number of hydrogen-bond acceptors (Lipinski definition) is 3. The first-order chi connectivity index (χ1) is 8.95. The first-order valence-electron chi connectivity index (χ1n) is 6.51. The van der Waals surface area contributed by atoms with Gasteiger partial charge in [0.05, 0.1) is 13.2 Å². The molecule has 0 aliphatic rings. The number of amides is 1. The van der Waals surface area contributed by atoms with E-state index in [4.69, 9.17) is 9.47 Å². The summed E-state index contributed by atoms with van der Waals surface area (Å²) in [6.07, 6.45) is 0.332. The standard InChI is InChI=1S/C15H23NO3/c1-11(2)19-15(17)16(4)12(3)10-13-8-6-7-9-14(13)18-5/h6-9,11-12H,10H2,1-5H3. The summed E-state index contributed by atoms with van der Waals surface area (Å²) in [5.41, 5.74) is 1.08. The van der Waals surface area contributed by atoms with Crippen molar-refractivity contribution in [2.45, 2.75) is 39.3 Å². The summed E-state index contributed by atoms with van der Waals surface area (Å²) >= 11 is 0. The third kappa shape index (κ3) is 4.47. The maximum Gasteiger partial charge on any atom is 0.410 e. The van der Waals surface area contributed by atoms with Gasteiger partial charge in [-0.05, 0) is 38.8 Å². The average Bonchev–Trinajstić information content (AvgIpc) is 2.37. The summed E-state index contributed by atoms with van der Waals surface area (Å²) < 4.78 is 10.5. The highest BCUT2D eigenvalue weighted by Crippen LogP contribution is 2.20. The second kappa shape index (κ2) is 7.02. The summed E-state index contributed by atoms with van der Waals surface area (Å²) in [6.45, 7) is 5.68. The SMILES string of the molecule is COc1ccccc1CC(C)N(C)C(=O)OC(C)C. The Morgan fingerprint density at radius 1 is 1.26 bits per heavy atom. The van der Waals surface area contributed by atoms with E-state index in [0.29, 0.717) is 0 Å². The Balaban J connectivity index is 2.68. The fourth-order valence-corrected chi connectivity index (χ4v) is 1.79. The van der Waals surface area contributed by atoms with Crippen LogP contribution in [0.25, 0.3) is 0 Å². The van der Waals surface area contributed by atoms with E-state index in [1.165, 1.54) is 0 Å². The van der Waals surface area contributed by atoms with Crippen molar-refractivity contribution in [2.75, 3.05) is 14.2 Å². The lowest BCUT2D eigenvalue weighted by Crippen LogP contribution is -2.38. The highest BCUT2D eigenvalue weighted by Gasteiger charge is 2.19. The van der Waals surface area contributed by atoms with Crippen LogP contribution in [0.4, 0.5) is 4.79 Å². The third-order valence-corrected chi connectivity index (χ3v) is 2.99. The molecule has 0 fully saturated rings. The van der Waals surface area contributed by atoms with Crippen molar-refractivity contribution in [3.63, 3.8) is 0 Å². The van der Waals surface area contributed by atoms with Crippen LogP contribution >= 0.6 is 0 Å². The van der Waals surface area contributed by atoms with Crippen molar-refractivity contribution in [1.82, 2.24) is 4.90 Å². The summed E-state index contributed by atoms with van der Waals surface area (Å²) in [5.74, 6) is 0.847. The third-order valence-electron chi connectivity index (χ3n) is 2.99. The number of rotatable bonds is 5. The Morgan fingerprint density at radius 2 is 1.89 bits per heavy atom. The molecule has 1 amide bonds. The summed E-state index contributed by atoms with van der Waals surface area (Å²) in [7, 11) is 3.41. The lowest BCUT2D eigenvalue weighted by atomic mass is 10.1. The van der Waals surface area contributed by atoms with Gasteiger partial charge in [0.15, 0.2) is 0 Å². The largest absolute Gasteiger partial charge is 0.496 e. The average molecular weight is 265 g/mol. The van der Waals surface area contributed by atoms with Crippen molar-refractivity contribution in [2.24, 2.45) is 0 Å². The molecule has 4 heteroatoms. The molecule has 4 nitrogen and oxygen atoms in total. The van der Waals surface area contributed by atoms with E-state index in [1.54, 1.807) is 19.1 Å². The molecule has 106 valence electrons. The molecule has 19 heavy (non-hydrogen) atoms. The van der Waals surface area contributed by atoms with E-state index >= 15 is 0 Å². The predicted octanol–water partition coefficient (Wildman–Crippen LogP) is 3.10. The van der Waals surface area contributed by atoms with Gasteiger partial charge < -0.3 is 14.4 Å². The van der Waals surface area contributed by atoms with Gasteiger partial charge in [0.2, 0.25) is 0 Å². The van der Waals surface area contributed by atoms with Crippen molar-refractivity contribution >= 4 is 6.09 Å². The van der Waals surface area contributed by atoms with E-state index < -0.39 is 0 Å². The second-order valence-electron chi connectivity index (χ2n) is 4.91. The molecular formula is C15H23NO3. The minimum absolute atomic E-state index is 0.0440. The monoisotopic (exact) mass is 265 g/mol. The molecule has 0 aromatic heterocycles. The molecule has 0 bridgehead atoms. The Hall–Kier alpha value is -1.71. The molecule has 0 radical (unpaired) electrons. The Labute approximate surface area is 115 Å². The first-order valence-corrected chi connectivity index (χ1v) is 6.51. The molecule has 1 unspecified atom stereocenters. The van der Waals surface area contributed by atoms with Gasteiger partial charge in [0.1, 0.15) is 5.75 Å². The van der Waals surface area contributed by atoms with Crippen LogP contribution in [0.5, 0.6) is 5.75 Å². The zero-order valence-electron chi connectivity index (χ0n) is 12.3. The molecular weight excluding hydrogens is 242 g/mol. The Morgan fingerprint density at radius 3 is 2.47 bits per heavy atom. The molecule has 0 heterocycles. The van der Waals surface area contributed by atoms with Gasteiger partial charge in [0, 0.05) is 13.1 Å². The molecule has 1 aromatic rings. The first kappa shape index (κ1) is 15.3. The second-order valence-corrected chi connectivity index (χ2v) is 4.91. The number of nitrogens with zero attached hydrogens (tertiary/aromatic N) is 1. The van der Waals surface area contributed by atoms with E-state index in [2.05, 4.69) is 0 Å². The predicted molar refractivity (Wildman–Crippen MR) is 75.5 cm³/mol. The molecule has 0 aliphatic heterocycles. The van der Waals surface area contributed by atoms with Crippen LogP contribution in [0.15, 0.2) is 24.3 Å². The number of ether oxygens (including phenoxy) is 2. The highest BCUT2D eigenvalue weighted by molar-refractivity contribution is 5.67. The number of methoxy groups -OCH3 is 1. The van der Waals surface area contributed by atoms with Gasteiger partial charge in [-0.25, -0.2) is 4.79 Å². The van der Waals surface area contributed by atoms with E-state index in [0.717, 1.165) is 17.7 Å². The van der Waals surface area contributed by atoms with Gasteiger partial charge in [-0.3, -0.25) is 0 Å². The van der Waals surface area contributed by atoms with Gasteiger partial charge in [-0.2, -0.15) is 0 Å². The molecule has 0 spiro atoms. The van der Waals surface area contributed by atoms with Gasteiger partial charge in [-0.15, -0.1) is 0 Å². The zero-order chi connectivity index (χ0) is 14.4. The number of likely N-dealkylation sites (N-methyl/N-ethyl adjacent to an activating group) is 1. The lowest BCUT2D eigenvalue weighted by Gasteiger charge is -2.25. The van der Waals surface area contributed by atoms with Gasteiger partial charge in [0.25, 0.3) is 0 Å². The number of carbonyl (C=O) groups is 1. The van der Waals surface area contributed by atoms with Gasteiger partial charge >= 0.3 is 6.09 Å². The number of carbonyl (C=O) groups excluding carboxylic acids is 1. The maximum absolute atomic E-state index is 11.8. The number of hydrogen-bond donors (Lipinski definition) is 0. The minimum atomic E-state index is -0.294. The van der Waals surface area contributed by atoms with Crippen LogP contribution in [-0.2, 0) is 11.2 Å². The number of para-hydroxylation sites is 1. The maximum atomic E-state index is 11.8. The molecule has 0 N–H and O–H groups in total. The molecule has 0 saturated carbocycles. The van der Waals surface area contributed by atoms with E-state index in [1.807, 2.05) is 45.0 Å². The topological polar surface area (TPSA) is 38.8 Å². The molecule has 0 aliphatic carbocycles. The van der Waals surface area contributed by atoms with Gasteiger partial charge in [-0.1, -0.05) is 18.2 Å². The molecule has 1 atom stereocenters. The van der Waals surface area contributed by atoms with E-state index in [-0.39, 0.29) is 18.2 Å². The minimum Gasteiger partial charge on any atom is -0.496 e. The van der Waals surface area contributed by atoms with Crippen molar-refractivity contribution in [1.29, 1.82) is 0 Å².